The number of hydrogen-bond donors (Lipinski definition) is 0. The smallest absolute Gasteiger partial charge is 0.173 e. The van der Waals surface area contributed by atoms with Gasteiger partial charge in [0.2, 0.25) is 0 Å². The van der Waals surface area contributed by atoms with Gasteiger partial charge in [-0.3, -0.25) is 4.79 Å². The molecule has 1 rings (SSSR count). The van der Waals surface area contributed by atoms with E-state index < -0.39 is 0 Å². The van der Waals surface area contributed by atoms with Crippen molar-refractivity contribution in [1.29, 1.82) is 0 Å². The first-order valence-corrected chi connectivity index (χ1v) is 5.35. The number of carbonyl (C=O) groups excluding carboxylic acids is 1. The highest BCUT2D eigenvalue weighted by Crippen LogP contribution is 2.24. The summed E-state index contributed by atoms with van der Waals surface area (Å²) >= 11 is 3.17. The molecule has 70 valence electrons. The van der Waals surface area contributed by atoms with E-state index in [-0.39, 0.29) is 11.2 Å². The summed E-state index contributed by atoms with van der Waals surface area (Å²) in [5.74, 6) is 0.132. The second-order valence-electron chi connectivity index (χ2n) is 3.70. The van der Waals surface area contributed by atoms with Crippen LogP contribution in [0.2, 0.25) is 0 Å². The molecule has 2 heteroatoms. The Bertz CT molecular complexity index is 295. The van der Waals surface area contributed by atoms with E-state index in [0.29, 0.717) is 5.33 Å². The van der Waals surface area contributed by atoms with Crippen molar-refractivity contribution in [3.05, 3.63) is 36.0 Å². The highest BCUT2D eigenvalue weighted by atomic mass is 79.9. The molecule has 0 saturated heterocycles. The summed E-state index contributed by atoms with van der Waals surface area (Å²) in [6.45, 7) is 4.16. The summed E-state index contributed by atoms with van der Waals surface area (Å²) in [6.07, 6.45) is 9.82. The van der Waals surface area contributed by atoms with Gasteiger partial charge in [0.1, 0.15) is 0 Å². The standard InChI is InChI=1S/C11H13BrO/c1-11(2)6-4-3-5-9(7-11)10(13)8-12/h3-7H,8H2,1-2H3. The Morgan fingerprint density at radius 2 is 2.15 bits per heavy atom. The van der Waals surface area contributed by atoms with Crippen LogP contribution in [-0.2, 0) is 4.79 Å². The van der Waals surface area contributed by atoms with Gasteiger partial charge in [-0.15, -0.1) is 0 Å². The molecular weight excluding hydrogens is 228 g/mol. The van der Waals surface area contributed by atoms with Gasteiger partial charge in [0, 0.05) is 11.0 Å². The molecule has 0 fully saturated rings. The molecule has 0 aliphatic heterocycles. The zero-order chi connectivity index (χ0) is 9.90. The van der Waals surface area contributed by atoms with Crippen LogP contribution in [0.1, 0.15) is 13.8 Å². The third-order valence-electron chi connectivity index (χ3n) is 1.88. The fraction of sp³-hybridized carbons (Fsp3) is 0.364. The lowest BCUT2D eigenvalue weighted by Crippen LogP contribution is -2.08. The van der Waals surface area contributed by atoms with Crippen LogP contribution in [0.15, 0.2) is 36.0 Å². The molecule has 0 unspecified atom stereocenters. The van der Waals surface area contributed by atoms with Gasteiger partial charge in [0.05, 0.1) is 5.33 Å². The highest BCUT2D eigenvalue weighted by molar-refractivity contribution is 9.09. The summed E-state index contributed by atoms with van der Waals surface area (Å²) in [5.41, 5.74) is 0.753. The minimum Gasteiger partial charge on any atom is -0.293 e. The lowest BCUT2D eigenvalue weighted by molar-refractivity contribution is -0.112. The third-order valence-corrected chi connectivity index (χ3v) is 2.39. The molecule has 0 amide bonds. The maximum Gasteiger partial charge on any atom is 0.173 e. The van der Waals surface area contributed by atoms with Crippen LogP contribution in [0.25, 0.3) is 0 Å². The average molecular weight is 241 g/mol. The van der Waals surface area contributed by atoms with Crippen LogP contribution < -0.4 is 0 Å². The van der Waals surface area contributed by atoms with Gasteiger partial charge in [-0.2, -0.15) is 0 Å². The number of alkyl halides is 1. The van der Waals surface area contributed by atoms with Crippen molar-refractivity contribution in [2.75, 3.05) is 5.33 Å². The monoisotopic (exact) mass is 240 g/mol. The van der Waals surface area contributed by atoms with Gasteiger partial charge in [0.15, 0.2) is 5.78 Å². The van der Waals surface area contributed by atoms with Crippen LogP contribution in [0.5, 0.6) is 0 Å². The number of hydrogen-bond acceptors (Lipinski definition) is 1. The Labute approximate surface area is 87.3 Å². The van der Waals surface area contributed by atoms with Gasteiger partial charge in [-0.25, -0.2) is 0 Å². The number of halogens is 1. The normalized spacial score (nSPS) is 19.5. The molecule has 0 heterocycles. The van der Waals surface area contributed by atoms with Gasteiger partial charge in [0.25, 0.3) is 0 Å². The predicted molar refractivity (Wildman–Crippen MR) is 58.9 cm³/mol. The van der Waals surface area contributed by atoms with Crippen molar-refractivity contribution in [3.8, 4) is 0 Å². The second-order valence-corrected chi connectivity index (χ2v) is 4.26. The van der Waals surface area contributed by atoms with Gasteiger partial charge < -0.3 is 0 Å². The first-order chi connectivity index (χ1) is 6.05. The summed E-state index contributed by atoms with van der Waals surface area (Å²) in [5, 5.41) is 0.388. The average Bonchev–Trinajstić information content (AvgIpc) is 2.25. The molecule has 1 nitrogen and oxygen atoms in total. The fourth-order valence-corrected chi connectivity index (χ4v) is 1.53. The second kappa shape index (κ2) is 4.05. The molecule has 0 saturated carbocycles. The van der Waals surface area contributed by atoms with Crippen molar-refractivity contribution in [2.45, 2.75) is 13.8 Å². The van der Waals surface area contributed by atoms with Crippen molar-refractivity contribution in [1.82, 2.24) is 0 Å². The summed E-state index contributed by atoms with van der Waals surface area (Å²) in [7, 11) is 0. The van der Waals surface area contributed by atoms with E-state index in [1.54, 1.807) is 0 Å². The summed E-state index contributed by atoms with van der Waals surface area (Å²) in [4.78, 5) is 11.4. The molecule has 0 aromatic rings. The molecule has 0 N–H and O–H groups in total. The molecule has 0 radical (unpaired) electrons. The van der Waals surface area contributed by atoms with E-state index >= 15 is 0 Å². The van der Waals surface area contributed by atoms with Gasteiger partial charge in [-0.1, -0.05) is 60.2 Å². The minimum absolute atomic E-state index is 0.0311. The van der Waals surface area contributed by atoms with Crippen LogP contribution in [0.3, 0.4) is 0 Å². The van der Waals surface area contributed by atoms with Gasteiger partial charge in [-0.05, 0) is 0 Å². The molecule has 1 aliphatic rings. The van der Waals surface area contributed by atoms with E-state index in [9.17, 15) is 4.79 Å². The molecule has 1 aliphatic carbocycles. The van der Waals surface area contributed by atoms with Crippen molar-refractivity contribution >= 4 is 21.7 Å². The quantitative estimate of drug-likeness (QED) is 0.679. The van der Waals surface area contributed by atoms with Crippen molar-refractivity contribution < 1.29 is 4.79 Å². The van der Waals surface area contributed by atoms with E-state index in [1.165, 1.54) is 0 Å². The van der Waals surface area contributed by atoms with Crippen LogP contribution in [0, 0.1) is 5.41 Å². The van der Waals surface area contributed by atoms with E-state index in [2.05, 4.69) is 35.9 Å². The van der Waals surface area contributed by atoms with E-state index in [1.807, 2.05) is 24.3 Å². The highest BCUT2D eigenvalue weighted by Gasteiger charge is 2.15. The Kier molecular flexibility index (Phi) is 3.26. The maximum atomic E-state index is 11.4. The molecule has 0 bridgehead atoms. The Balaban J connectivity index is 2.98. The van der Waals surface area contributed by atoms with Crippen molar-refractivity contribution in [2.24, 2.45) is 5.41 Å². The lowest BCUT2D eigenvalue weighted by atomic mass is 9.90. The molecule has 0 atom stereocenters. The first-order valence-electron chi connectivity index (χ1n) is 4.23. The summed E-state index contributed by atoms with van der Waals surface area (Å²) in [6, 6.07) is 0. The number of Topliss-reactive ketones (excluding diaryl/α,β-unsaturated/α-hetero) is 1. The van der Waals surface area contributed by atoms with Crippen LogP contribution >= 0.6 is 15.9 Å². The summed E-state index contributed by atoms with van der Waals surface area (Å²) < 4.78 is 0. The number of carbonyl (C=O) groups is 1. The molecule has 13 heavy (non-hydrogen) atoms. The zero-order valence-corrected chi connectivity index (χ0v) is 9.47. The molecule has 0 aromatic carbocycles. The molecule has 0 aromatic heterocycles. The SMILES string of the molecule is CC1(C)C=CC=CC(C(=O)CBr)=C1. The zero-order valence-electron chi connectivity index (χ0n) is 7.88. The van der Waals surface area contributed by atoms with E-state index in [4.69, 9.17) is 0 Å². The van der Waals surface area contributed by atoms with Crippen LogP contribution in [0.4, 0.5) is 0 Å². The third kappa shape index (κ3) is 2.96. The van der Waals surface area contributed by atoms with Crippen LogP contribution in [-0.4, -0.2) is 11.1 Å². The maximum absolute atomic E-state index is 11.4. The van der Waals surface area contributed by atoms with Gasteiger partial charge >= 0.3 is 0 Å². The first kappa shape index (κ1) is 10.5. The number of allylic oxidation sites excluding steroid dienone is 6. The number of rotatable bonds is 2. The largest absolute Gasteiger partial charge is 0.293 e. The van der Waals surface area contributed by atoms with E-state index in [0.717, 1.165) is 5.57 Å². The Hall–Kier alpha value is -0.630. The minimum atomic E-state index is -0.0311. The molecular formula is C11H13BrO. The van der Waals surface area contributed by atoms with Crippen molar-refractivity contribution in [3.63, 3.8) is 0 Å². The Morgan fingerprint density at radius 3 is 2.77 bits per heavy atom. The Morgan fingerprint density at radius 1 is 1.46 bits per heavy atom. The lowest BCUT2D eigenvalue weighted by Gasteiger charge is -2.14. The predicted octanol–water partition coefficient (Wildman–Crippen LogP) is 3.03. The fourth-order valence-electron chi connectivity index (χ4n) is 1.21. The molecule has 0 spiro atoms. The topological polar surface area (TPSA) is 17.1 Å². The number of ketones is 1.